The first kappa shape index (κ1) is 17.2. The Kier molecular flexibility index (Phi) is 4.58. The molecule has 0 aliphatic carbocycles. The Hall–Kier alpha value is -2.68. The fraction of sp³-hybridized carbons (Fsp3) is 0.375. The number of H-pyrrole nitrogens is 1. The van der Waals surface area contributed by atoms with Gasteiger partial charge in [-0.05, 0) is 38.4 Å². The van der Waals surface area contributed by atoms with Crippen LogP contribution in [0, 0.1) is 20.8 Å². The molecule has 0 aliphatic heterocycles. The second kappa shape index (κ2) is 6.67. The van der Waals surface area contributed by atoms with Crippen molar-refractivity contribution in [1.29, 1.82) is 0 Å². The summed E-state index contributed by atoms with van der Waals surface area (Å²) in [4.78, 5) is 32.9. The van der Waals surface area contributed by atoms with Crippen LogP contribution in [0.1, 0.15) is 35.1 Å². The number of aromatic amines is 1. The van der Waals surface area contributed by atoms with E-state index in [4.69, 9.17) is 14.0 Å². The first-order valence-corrected chi connectivity index (χ1v) is 8.42. The zero-order chi connectivity index (χ0) is 18.1. The fourth-order valence-corrected chi connectivity index (χ4v) is 3.33. The zero-order valence-electron chi connectivity index (χ0n) is 14.2. The van der Waals surface area contributed by atoms with E-state index in [0.29, 0.717) is 21.8 Å². The molecule has 1 N–H and O–H groups in total. The average molecular weight is 363 g/mol. The average Bonchev–Trinajstić information content (AvgIpc) is 3.09. The van der Waals surface area contributed by atoms with Crippen molar-refractivity contribution in [2.75, 3.05) is 6.61 Å². The number of carbonyl (C=O) groups is 1. The van der Waals surface area contributed by atoms with E-state index in [9.17, 15) is 9.59 Å². The Bertz CT molecular complexity index is 987. The highest BCUT2D eigenvalue weighted by Gasteiger charge is 2.18. The van der Waals surface area contributed by atoms with E-state index in [2.05, 4.69) is 15.1 Å². The molecule has 3 rings (SSSR count). The van der Waals surface area contributed by atoms with Crippen molar-refractivity contribution in [3.05, 3.63) is 38.4 Å². The number of hydrogen-bond donors (Lipinski definition) is 1. The summed E-state index contributed by atoms with van der Waals surface area (Å²) >= 11 is 1.44. The van der Waals surface area contributed by atoms with Gasteiger partial charge in [-0.15, -0.1) is 11.3 Å². The van der Waals surface area contributed by atoms with E-state index >= 15 is 0 Å². The Labute approximate surface area is 146 Å². The molecule has 9 heteroatoms. The van der Waals surface area contributed by atoms with Crippen LogP contribution >= 0.6 is 11.3 Å². The number of rotatable bonds is 5. The summed E-state index contributed by atoms with van der Waals surface area (Å²) in [5.41, 5.74) is 0.681. The Morgan fingerprint density at radius 1 is 1.40 bits per heavy atom. The van der Waals surface area contributed by atoms with Gasteiger partial charge in [-0.2, -0.15) is 0 Å². The smallest absolute Gasteiger partial charge is 0.344 e. The van der Waals surface area contributed by atoms with Gasteiger partial charge in [-0.1, -0.05) is 0 Å². The summed E-state index contributed by atoms with van der Waals surface area (Å²) in [6, 6.07) is 1.56. The molecule has 0 saturated heterocycles. The van der Waals surface area contributed by atoms with Gasteiger partial charge in [0.2, 0.25) is 0 Å². The van der Waals surface area contributed by atoms with Crippen molar-refractivity contribution >= 4 is 27.5 Å². The third-order valence-corrected chi connectivity index (χ3v) is 4.80. The van der Waals surface area contributed by atoms with Crippen LogP contribution in [0.4, 0.5) is 0 Å². The van der Waals surface area contributed by atoms with E-state index in [0.717, 1.165) is 10.4 Å². The van der Waals surface area contributed by atoms with Crippen LogP contribution < -0.4 is 10.3 Å². The summed E-state index contributed by atoms with van der Waals surface area (Å²) in [7, 11) is 0. The standard InChI is InChI=1S/C16H17N3O5S/c1-7-5-11(19-24-7)22-6-12(20)23-9(3)14-17-15(21)13-8(2)10(4)25-16(13)18-14/h5,9H,6H2,1-4H3,(H,17,18,21)/t9-/m1/s1. The molecule has 0 spiro atoms. The van der Waals surface area contributed by atoms with Crippen molar-refractivity contribution in [3.63, 3.8) is 0 Å². The van der Waals surface area contributed by atoms with E-state index < -0.39 is 12.1 Å². The maximum absolute atomic E-state index is 12.3. The fourth-order valence-electron chi connectivity index (χ4n) is 2.30. The highest BCUT2D eigenvalue weighted by molar-refractivity contribution is 7.18. The van der Waals surface area contributed by atoms with E-state index in [1.807, 2.05) is 13.8 Å². The monoisotopic (exact) mass is 363 g/mol. The van der Waals surface area contributed by atoms with Crippen LogP contribution in [-0.2, 0) is 9.53 Å². The van der Waals surface area contributed by atoms with Gasteiger partial charge in [-0.25, -0.2) is 9.78 Å². The maximum Gasteiger partial charge on any atom is 0.344 e. The summed E-state index contributed by atoms with van der Waals surface area (Å²) in [5.74, 6) is 0.478. The zero-order valence-corrected chi connectivity index (χ0v) is 15.0. The molecule has 0 radical (unpaired) electrons. The predicted octanol–water partition coefficient (Wildman–Crippen LogP) is 2.58. The number of aryl methyl sites for hydroxylation is 3. The van der Waals surface area contributed by atoms with Crippen LogP contribution in [0.25, 0.3) is 10.2 Å². The first-order valence-electron chi connectivity index (χ1n) is 7.60. The van der Waals surface area contributed by atoms with Gasteiger partial charge in [0.15, 0.2) is 18.5 Å². The number of nitrogens with zero attached hydrogens (tertiary/aromatic N) is 2. The van der Waals surface area contributed by atoms with Gasteiger partial charge in [0, 0.05) is 10.9 Å². The molecule has 132 valence electrons. The van der Waals surface area contributed by atoms with Gasteiger partial charge in [0.05, 0.1) is 5.39 Å². The predicted molar refractivity (Wildman–Crippen MR) is 91.0 cm³/mol. The molecular formula is C16H17N3O5S. The molecular weight excluding hydrogens is 346 g/mol. The summed E-state index contributed by atoms with van der Waals surface area (Å²) in [6.07, 6.45) is -0.713. The Morgan fingerprint density at radius 2 is 2.16 bits per heavy atom. The number of nitrogens with one attached hydrogen (secondary N) is 1. The van der Waals surface area contributed by atoms with Gasteiger partial charge in [-0.3, -0.25) is 4.79 Å². The lowest BCUT2D eigenvalue weighted by Gasteiger charge is -2.12. The Morgan fingerprint density at radius 3 is 2.84 bits per heavy atom. The number of aromatic nitrogens is 3. The van der Waals surface area contributed by atoms with Crippen molar-refractivity contribution in [1.82, 2.24) is 15.1 Å². The van der Waals surface area contributed by atoms with Crippen LogP contribution in [0.5, 0.6) is 5.88 Å². The SMILES string of the molecule is Cc1cc(OCC(=O)O[C@H](C)c2nc3sc(C)c(C)c3c(=O)[nH]2)no1. The van der Waals surface area contributed by atoms with Crippen molar-refractivity contribution in [2.45, 2.75) is 33.8 Å². The quantitative estimate of drug-likeness (QED) is 0.694. The summed E-state index contributed by atoms with van der Waals surface area (Å²) < 4.78 is 15.3. The third kappa shape index (κ3) is 3.55. The Balaban J connectivity index is 1.70. The van der Waals surface area contributed by atoms with Crippen LogP contribution in [0.15, 0.2) is 15.4 Å². The minimum atomic E-state index is -0.713. The molecule has 0 aliphatic rings. The second-order valence-electron chi connectivity index (χ2n) is 5.61. The molecule has 0 amide bonds. The molecule has 0 bridgehead atoms. The molecule has 0 saturated carbocycles. The molecule has 3 aromatic rings. The van der Waals surface area contributed by atoms with Gasteiger partial charge in [0.1, 0.15) is 10.6 Å². The molecule has 0 unspecified atom stereocenters. The largest absolute Gasteiger partial charge is 0.463 e. The summed E-state index contributed by atoms with van der Waals surface area (Å²) in [6.45, 7) is 6.85. The number of hydrogen-bond acceptors (Lipinski definition) is 8. The number of carbonyl (C=O) groups excluding carboxylic acids is 1. The molecule has 8 nitrogen and oxygen atoms in total. The van der Waals surface area contributed by atoms with E-state index in [1.165, 1.54) is 11.3 Å². The van der Waals surface area contributed by atoms with Gasteiger partial charge < -0.3 is 19.0 Å². The van der Waals surface area contributed by atoms with Crippen molar-refractivity contribution in [2.24, 2.45) is 0 Å². The molecule has 0 fully saturated rings. The highest BCUT2D eigenvalue weighted by Crippen LogP contribution is 2.26. The molecule has 1 atom stereocenters. The molecule has 25 heavy (non-hydrogen) atoms. The van der Waals surface area contributed by atoms with Gasteiger partial charge in [0.25, 0.3) is 11.4 Å². The third-order valence-electron chi connectivity index (χ3n) is 3.69. The summed E-state index contributed by atoms with van der Waals surface area (Å²) in [5, 5.41) is 4.20. The lowest BCUT2D eigenvalue weighted by atomic mass is 10.2. The van der Waals surface area contributed by atoms with Crippen LogP contribution in [-0.4, -0.2) is 27.7 Å². The van der Waals surface area contributed by atoms with E-state index in [1.54, 1.807) is 19.9 Å². The van der Waals surface area contributed by atoms with Crippen molar-refractivity contribution < 1.29 is 18.8 Å². The lowest BCUT2D eigenvalue weighted by Crippen LogP contribution is -2.20. The van der Waals surface area contributed by atoms with E-state index in [-0.39, 0.29) is 18.0 Å². The molecule has 0 aromatic carbocycles. The number of ether oxygens (including phenoxy) is 2. The normalized spacial score (nSPS) is 12.3. The maximum atomic E-state index is 12.3. The minimum absolute atomic E-state index is 0.208. The van der Waals surface area contributed by atoms with Crippen LogP contribution in [0.2, 0.25) is 0 Å². The second-order valence-corrected chi connectivity index (χ2v) is 6.81. The lowest BCUT2D eigenvalue weighted by molar-refractivity contribution is -0.151. The van der Waals surface area contributed by atoms with Gasteiger partial charge >= 0.3 is 5.97 Å². The highest BCUT2D eigenvalue weighted by atomic mass is 32.1. The van der Waals surface area contributed by atoms with Crippen molar-refractivity contribution in [3.8, 4) is 5.88 Å². The number of fused-ring (bicyclic) bond motifs is 1. The van der Waals surface area contributed by atoms with Crippen LogP contribution in [0.3, 0.4) is 0 Å². The topological polar surface area (TPSA) is 107 Å². The number of esters is 1. The molecule has 3 heterocycles. The minimum Gasteiger partial charge on any atom is -0.463 e. The first-order chi connectivity index (χ1) is 11.8. The molecule has 3 aromatic heterocycles. The number of thiophene rings is 1.